The van der Waals surface area contributed by atoms with Crippen LogP contribution in [-0.2, 0) is 4.79 Å². The van der Waals surface area contributed by atoms with E-state index in [0.29, 0.717) is 24.7 Å². The second-order valence-electron chi connectivity index (χ2n) is 5.77. The molecule has 2 rings (SSSR count). The molecule has 1 unspecified atom stereocenters. The highest BCUT2D eigenvalue weighted by Crippen LogP contribution is 2.16. The fourth-order valence-corrected chi connectivity index (χ4v) is 3.07. The predicted octanol–water partition coefficient (Wildman–Crippen LogP) is 1.06. The van der Waals surface area contributed by atoms with Crippen LogP contribution in [0.15, 0.2) is 11.4 Å². The van der Waals surface area contributed by atoms with E-state index in [2.05, 4.69) is 9.69 Å². The minimum absolute atomic E-state index is 0.129. The third kappa shape index (κ3) is 4.78. The van der Waals surface area contributed by atoms with Gasteiger partial charge in [-0.1, -0.05) is 6.92 Å². The predicted molar refractivity (Wildman–Crippen MR) is 86.9 cm³/mol. The molecule has 22 heavy (non-hydrogen) atoms. The van der Waals surface area contributed by atoms with Crippen molar-refractivity contribution in [3.63, 3.8) is 0 Å². The lowest BCUT2D eigenvalue weighted by Gasteiger charge is -2.33. The number of likely N-dealkylation sites (N-methyl/N-ethyl adjacent to an activating group) is 1. The molecule has 2 amide bonds. The molecule has 0 aromatic carbocycles. The Labute approximate surface area is 135 Å². The first-order valence-corrected chi connectivity index (χ1v) is 8.58. The zero-order valence-electron chi connectivity index (χ0n) is 13.2. The van der Waals surface area contributed by atoms with Crippen LogP contribution in [0.5, 0.6) is 0 Å². The van der Waals surface area contributed by atoms with Gasteiger partial charge in [0.1, 0.15) is 5.69 Å². The monoisotopic (exact) mass is 324 g/mol. The second kappa shape index (κ2) is 8.24. The fourth-order valence-electron chi connectivity index (χ4n) is 2.56. The molecular weight excluding hydrogens is 300 g/mol. The van der Waals surface area contributed by atoms with Crippen molar-refractivity contribution in [1.29, 1.82) is 0 Å². The lowest BCUT2D eigenvalue weighted by atomic mass is 9.98. The van der Waals surface area contributed by atoms with Crippen molar-refractivity contribution < 1.29 is 9.59 Å². The molecule has 1 fully saturated rings. The van der Waals surface area contributed by atoms with Gasteiger partial charge < -0.3 is 10.2 Å². The van der Waals surface area contributed by atoms with Gasteiger partial charge in [0.05, 0.1) is 6.54 Å². The summed E-state index contributed by atoms with van der Waals surface area (Å²) in [5.74, 6) is 0.377. The van der Waals surface area contributed by atoms with Crippen molar-refractivity contribution in [2.45, 2.75) is 19.8 Å². The van der Waals surface area contributed by atoms with Gasteiger partial charge in [0.25, 0.3) is 5.91 Å². The van der Waals surface area contributed by atoms with Crippen molar-refractivity contribution in [2.75, 3.05) is 39.8 Å². The molecular formula is C15H24N4O2S. The van der Waals surface area contributed by atoms with Gasteiger partial charge in [0.2, 0.25) is 5.91 Å². The summed E-state index contributed by atoms with van der Waals surface area (Å²) < 4.78 is 4.02. The highest BCUT2D eigenvalue weighted by molar-refractivity contribution is 7.03. The van der Waals surface area contributed by atoms with Crippen LogP contribution in [0, 0.1) is 5.92 Å². The number of aromatic nitrogens is 1. The molecule has 7 heteroatoms. The number of piperidine rings is 1. The SMILES string of the molecule is CCN(C)CC(=O)N1CCCC(CNC(=O)c2ccsn2)C1. The Hall–Kier alpha value is -1.47. The summed E-state index contributed by atoms with van der Waals surface area (Å²) in [6.45, 7) is 5.53. The van der Waals surface area contributed by atoms with E-state index in [0.717, 1.165) is 32.5 Å². The zero-order valence-corrected chi connectivity index (χ0v) is 14.1. The van der Waals surface area contributed by atoms with E-state index in [1.54, 1.807) is 11.4 Å². The maximum Gasteiger partial charge on any atom is 0.270 e. The molecule has 1 N–H and O–H groups in total. The Morgan fingerprint density at radius 1 is 1.55 bits per heavy atom. The van der Waals surface area contributed by atoms with Gasteiger partial charge in [-0.05, 0) is 50.0 Å². The second-order valence-corrected chi connectivity index (χ2v) is 6.44. The number of carbonyl (C=O) groups is 2. The largest absolute Gasteiger partial charge is 0.350 e. The zero-order chi connectivity index (χ0) is 15.9. The summed E-state index contributed by atoms with van der Waals surface area (Å²) in [7, 11) is 1.95. The number of likely N-dealkylation sites (tertiary alicyclic amines) is 1. The molecule has 0 spiro atoms. The standard InChI is InChI=1S/C15H24N4O2S/c1-3-18(2)11-14(20)19-7-4-5-12(10-19)9-16-15(21)13-6-8-22-17-13/h6,8,12H,3-5,7,9-11H2,1-2H3,(H,16,21). The van der Waals surface area contributed by atoms with Gasteiger partial charge in [-0.25, -0.2) is 0 Å². The first kappa shape index (κ1) is 16.9. The molecule has 0 radical (unpaired) electrons. The molecule has 6 nitrogen and oxygen atoms in total. The highest BCUT2D eigenvalue weighted by Gasteiger charge is 2.24. The number of nitrogens with zero attached hydrogens (tertiary/aromatic N) is 3. The average Bonchev–Trinajstić information content (AvgIpc) is 3.07. The molecule has 0 saturated carbocycles. The van der Waals surface area contributed by atoms with Crippen LogP contribution < -0.4 is 5.32 Å². The fraction of sp³-hybridized carbons (Fsp3) is 0.667. The van der Waals surface area contributed by atoms with Gasteiger partial charge in [0, 0.05) is 25.0 Å². The van der Waals surface area contributed by atoms with E-state index < -0.39 is 0 Å². The molecule has 1 aliphatic heterocycles. The van der Waals surface area contributed by atoms with Crippen LogP contribution in [0.25, 0.3) is 0 Å². The first-order valence-electron chi connectivity index (χ1n) is 7.75. The lowest BCUT2D eigenvalue weighted by molar-refractivity contribution is -0.133. The van der Waals surface area contributed by atoms with E-state index in [-0.39, 0.29) is 11.8 Å². The number of amides is 2. The van der Waals surface area contributed by atoms with Gasteiger partial charge in [-0.3, -0.25) is 14.5 Å². The highest BCUT2D eigenvalue weighted by atomic mass is 32.1. The third-order valence-corrected chi connectivity index (χ3v) is 4.60. The van der Waals surface area contributed by atoms with Gasteiger partial charge in [-0.2, -0.15) is 4.37 Å². The normalized spacial score (nSPS) is 18.5. The van der Waals surface area contributed by atoms with Crippen LogP contribution in [-0.4, -0.2) is 65.8 Å². The summed E-state index contributed by atoms with van der Waals surface area (Å²) >= 11 is 1.27. The summed E-state index contributed by atoms with van der Waals surface area (Å²) in [4.78, 5) is 28.1. The number of hydrogen-bond donors (Lipinski definition) is 1. The average molecular weight is 324 g/mol. The lowest BCUT2D eigenvalue weighted by Crippen LogP contribution is -2.46. The van der Waals surface area contributed by atoms with E-state index in [9.17, 15) is 9.59 Å². The summed E-state index contributed by atoms with van der Waals surface area (Å²) in [6.07, 6.45) is 2.05. The molecule has 1 atom stereocenters. The quantitative estimate of drug-likeness (QED) is 0.850. The number of rotatable bonds is 6. The maximum atomic E-state index is 12.2. The topological polar surface area (TPSA) is 65.5 Å². The first-order chi connectivity index (χ1) is 10.6. The van der Waals surface area contributed by atoms with E-state index in [4.69, 9.17) is 0 Å². The van der Waals surface area contributed by atoms with E-state index in [1.807, 2.05) is 23.8 Å². The smallest absolute Gasteiger partial charge is 0.270 e. The third-order valence-electron chi connectivity index (χ3n) is 4.04. The Balaban J connectivity index is 1.78. The van der Waals surface area contributed by atoms with Crippen LogP contribution in [0.4, 0.5) is 0 Å². The molecule has 1 aromatic heterocycles. The minimum atomic E-state index is -0.129. The summed E-state index contributed by atoms with van der Waals surface area (Å²) in [5.41, 5.74) is 0.471. The Kier molecular flexibility index (Phi) is 6.33. The Morgan fingerprint density at radius 2 is 2.36 bits per heavy atom. The Bertz CT molecular complexity index is 492. The number of carbonyl (C=O) groups excluding carboxylic acids is 2. The van der Waals surface area contributed by atoms with Crippen molar-refractivity contribution in [3.8, 4) is 0 Å². The summed E-state index contributed by atoms with van der Waals surface area (Å²) in [5, 5.41) is 4.71. The van der Waals surface area contributed by atoms with Crippen molar-refractivity contribution in [2.24, 2.45) is 5.92 Å². The molecule has 1 aliphatic rings. The molecule has 1 saturated heterocycles. The van der Waals surface area contributed by atoms with Crippen molar-refractivity contribution in [1.82, 2.24) is 19.5 Å². The Morgan fingerprint density at radius 3 is 3.05 bits per heavy atom. The molecule has 2 heterocycles. The number of hydrogen-bond acceptors (Lipinski definition) is 5. The molecule has 122 valence electrons. The van der Waals surface area contributed by atoms with Gasteiger partial charge in [0.15, 0.2) is 0 Å². The minimum Gasteiger partial charge on any atom is -0.350 e. The molecule has 1 aromatic rings. The van der Waals surface area contributed by atoms with Gasteiger partial charge >= 0.3 is 0 Å². The number of nitrogens with one attached hydrogen (secondary N) is 1. The van der Waals surface area contributed by atoms with Crippen molar-refractivity contribution >= 4 is 23.3 Å². The van der Waals surface area contributed by atoms with Crippen LogP contribution in [0.3, 0.4) is 0 Å². The maximum absolute atomic E-state index is 12.2. The summed E-state index contributed by atoms with van der Waals surface area (Å²) in [6, 6.07) is 1.72. The molecule has 0 aliphatic carbocycles. The van der Waals surface area contributed by atoms with Crippen LogP contribution in [0.1, 0.15) is 30.3 Å². The van der Waals surface area contributed by atoms with Gasteiger partial charge in [-0.15, -0.1) is 0 Å². The van der Waals surface area contributed by atoms with Crippen molar-refractivity contribution in [3.05, 3.63) is 17.1 Å². The van der Waals surface area contributed by atoms with Crippen LogP contribution in [0.2, 0.25) is 0 Å². The van der Waals surface area contributed by atoms with E-state index in [1.165, 1.54) is 11.5 Å². The molecule has 0 bridgehead atoms. The van der Waals surface area contributed by atoms with E-state index >= 15 is 0 Å². The van der Waals surface area contributed by atoms with Crippen LogP contribution >= 0.6 is 11.5 Å².